The zero-order chi connectivity index (χ0) is 15.7. The number of ether oxygens (including phenoxy) is 1. The lowest BCUT2D eigenvalue weighted by atomic mass is 10.1. The molecule has 1 aromatic carbocycles. The molecule has 1 aromatic rings. The Morgan fingerprint density at radius 3 is 2.43 bits per heavy atom. The van der Waals surface area contributed by atoms with Crippen LogP contribution >= 0.6 is 0 Å². The summed E-state index contributed by atoms with van der Waals surface area (Å²) < 4.78 is 17.1. The Morgan fingerprint density at radius 2 is 2.00 bits per heavy atom. The maximum atomic E-state index is 11.9. The van der Waals surface area contributed by atoms with Crippen molar-refractivity contribution in [3.8, 4) is 0 Å². The molecule has 2 rings (SSSR count). The first kappa shape index (κ1) is 17.4. The smallest absolute Gasteiger partial charge is 0.407 e. The molecule has 1 atom stereocenters. The second-order valence-corrected chi connectivity index (χ2v) is 5.99. The van der Waals surface area contributed by atoms with E-state index in [1.807, 2.05) is 20.8 Å². The number of amides is 1. The summed E-state index contributed by atoms with van der Waals surface area (Å²) >= 11 is 0. The maximum absolute atomic E-state index is 11.9. The van der Waals surface area contributed by atoms with Crippen LogP contribution in [0.25, 0.3) is 0 Å². The van der Waals surface area contributed by atoms with E-state index >= 15 is 0 Å². The highest BCUT2D eigenvalue weighted by Gasteiger charge is 2.20. The molecule has 2 N–H and O–H groups in total. The number of hydrogen-bond acceptors (Lipinski definition) is 3. The van der Waals surface area contributed by atoms with Gasteiger partial charge in [0.05, 0.1) is 0 Å². The fraction of sp³-hybridized carbons (Fsp3) is 0.562. The molecule has 0 spiro atoms. The molecular formula is C16H25FN2O2. The topological polar surface area (TPSA) is 50.4 Å². The standard InChI is InChI=1S/C10H20N2O2.C6H5F/c1-10(2,3)14-9(13)12-8-5-4-6-11-7-8;7-6-4-2-1-3-5-6/h8,11H,4-7H2,1-3H3,(H,12,13);1-5H. The maximum Gasteiger partial charge on any atom is 0.407 e. The van der Waals surface area contributed by atoms with Crippen LogP contribution in [-0.2, 0) is 4.74 Å². The van der Waals surface area contributed by atoms with Crippen molar-refractivity contribution in [2.45, 2.75) is 45.3 Å². The summed E-state index contributed by atoms with van der Waals surface area (Å²) in [5, 5.41) is 6.08. The molecule has 5 heteroatoms. The summed E-state index contributed by atoms with van der Waals surface area (Å²) in [6, 6.07) is 8.16. The highest BCUT2D eigenvalue weighted by atomic mass is 19.1. The quantitative estimate of drug-likeness (QED) is 0.837. The minimum absolute atomic E-state index is 0.178. The Hall–Kier alpha value is -1.62. The zero-order valence-electron chi connectivity index (χ0n) is 13.0. The molecule has 1 fully saturated rings. The highest BCUT2D eigenvalue weighted by molar-refractivity contribution is 5.68. The van der Waals surface area contributed by atoms with E-state index in [0.29, 0.717) is 0 Å². The van der Waals surface area contributed by atoms with Crippen molar-refractivity contribution < 1.29 is 13.9 Å². The molecule has 1 heterocycles. The van der Waals surface area contributed by atoms with Gasteiger partial charge in [0.25, 0.3) is 0 Å². The van der Waals surface area contributed by atoms with Crippen LogP contribution in [0.3, 0.4) is 0 Å². The number of hydrogen-bond donors (Lipinski definition) is 2. The monoisotopic (exact) mass is 296 g/mol. The van der Waals surface area contributed by atoms with Crippen molar-refractivity contribution >= 4 is 6.09 Å². The van der Waals surface area contributed by atoms with Gasteiger partial charge in [-0.1, -0.05) is 18.2 Å². The third-order valence-corrected chi connectivity index (χ3v) is 2.75. The summed E-state index contributed by atoms with van der Waals surface area (Å²) in [5.74, 6) is -0.178. The lowest BCUT2D eigenvalue weighted by molar-refractivity contribution is 0.0497. The van der Waals surface area contributed by atoms with E-state index in [-0.39, 0.29) is 18.0 Å². The molecule has 0 bridgehead atoms. The molecule has 21 heavy (non-hydrogen) atoms. The molecular weight excluding hydrogens is 271 g/mol. The van der Waals surface area contributed by atoms with Crippen LogP contribution < -0.4 is 10.6 Å². The zero-order valence-corrected chi connectivity index (χ0v) is 13.0. The van der Waals surface area contributed by atoms with Gasteiger partial charge in [-0.3, -0.25) is 0 Å². The molecule has 1 aliphatic rings. The van der Waals surface area contributed by atoms with Gasteiger partial charge in [-0.2, -0.15) is 0 Å². The van der Waals surface area contributed by atoms with E-state index in [1.54, 1.807) is 18.2 Å². The van der Waals surface area contributed by atoms with E-state index in [1.165, 1.54) is 12.1 Å². The lowest BCUT2D eigenvalue weighted by Gasteiger charge is -2.26. The van der Waals surface area contributed by atoms with E-state index in [4.69, 9.17) is 4.74 Å². The van der Waals surface area contributed by atoms with E-state index in [0.717, 1.165) is 25.9 Å². The molecule has 1 unspecified atom stereocenters. The predicted molar refractivity (Wildman–Crippen MR) is 81.7 cm³/mol. The van der Waals surface area contributed by atoms with Crippen molar-refractivity contribution in [1.82, 2.24) is 10.6 Å². The van der Waals surface area contributed by atoms with E-state index < -0.39 is 5.60 Å². The Bertz CT molecular complexity index is 412. The van der Waals surface area contributed by atoms with Crippen molar-refractivity contribution in [1.29, 1.82) is 0 Å². The van der Waals surface area contributed by atoms with Crippen molar-refractivity contribution in [2.24, 2.45) is 0 Å². The number of carbonyl (C=O) groups is 1. The minimum atomic E-state index is -0.411. The number of nitrogens with one attached hydrogen (secondary N) is 2. The summed E-state index contributed by atoms with van der Waals surface area (Å²) in [6.07, 6.45) is 1.83. The summed E-state index contributed by atoms with van der Waals surface area (Å²) in [4.78, 5) is 11.4. The largest absolute Gasteiger partial charge is 0.444 e. The fourth-order valence-corrected chi connectivity index (χ4v) is 1.86. The van der Waals surface area contributed by atoms with Crippen molar-refractivity contribution in [3.63, 3.8) is 0 Å². The number of benzene rings is 1. The highest BCUT2D eigenvalue weighted by Crippen LogP contribution is 2.08. The fourth-order valence-electron chi connectivity index (χ4n) is 1.86. The lowest BCUT2D eigenvalue weighted by Crippen LogP contribution is -2.47. The summed E-state index contributed by atoms with van der Waals surface area (Å²) in [5.41, 5.74) is -0.411. The molecule has 0 aliphatic carbocycles. The van der Waals surface area contributed by atoms with Gasteiger partial charge in [0.2, 0.25) is 0 Å². The third kappa shape index (κ3) is 9.02. The van der Waals surface area contributed by atoms with Crippen LogP contribution in [0, 0.1) is 5.82 Å². The first-order chi connectivity index (χ1) is 9.87. The SMILES string of the molecule is CC(C)(C)OC(=O)NC1CCCNC1.Fc1ccccc1. The number of halogens is 1. The normalized spacial score (nSPS) is 18.2. The average Bonchev–Trinajstić information content (AvgIpc) is 2.39. The van der Waals surface area contributed by atoms with Gasteiger partial charge in [0.15, 0.2) is 0 Å². The molecule has 0 radical (unpaired) electrons. The van der Waals surface area contributed by atoms with Crippen molar-refractivity contribution in [3.05, 3.63) is 36.1 Å². The van der Waals surface area contributed by atoms with Crippen molar-refractivity contribution in [2.75, 3.05) is 13.1 Å². The van der Waals surface area contributed by atoms with Gasteiger partial charge < -0.3 is 15.4 Å². The first-order valence-electron chi connectivity index (χ1n) is 7.27. The van der Waals surface area contributed by atoms with Crippen LogP contribution in [0.2, 0.25) is 0 Å². The summed E-state index contributed by atoms with van der Waals surface area (Å²) in [7, 11) is 0. The van der Waals surface area contributed by atoms with E-state index in [2.05, 4.69) is 10.6 Å². The van der Waals surface area contributed by atoms with E-state index in [9.17, 15) is 9.18 Å². The Kier molecular flexibility index (Phi) is 7.15. The van der Waals surface area contributed by atoms with Gasteiger partial charge >= 0.3 is 6.09 Å². The van der Waals surface area contributed by atoms with Crippen LogP contribution in [0.15, 0.2) is 30.3 Å². The second kappa shape index (κ2) is 8.62. The second-order valence-electron chi connectivity index (χ2n) is 5.99. The first-order valence-corrected chi connectivity index (χ1v) is 7.27. The third-order valence-electron chi connectivity index (χ3n) is 2.75. The van der Waals surface area contributed by atoms with Gasteiger partial charge in [0.1, 0.15) is 11.4 Å². The molecule has 4 nitrogen and oxygen atoms in total. The Morgan fingerprint density at radius 1 is 1.33 bits per heavy atom. The number of carbonyl (C=O) groups excluding carboxylic acids is 1. The molecule has 0 aromatic heterocycles. The molecule has 1 amide bonds. The number of piperidine rings is 1. The van der Waals surface area contributed by atoms with Gasteiger partial charge in [0, 0.05) is 12.6 Å². The predicted octanol–water partition coefficient (Wildman–Crippen LogP) is 3.09. The number of alkyl carbamates (subject to hydrolysis) is 1. The van der Waals surface area contributed by atoms with Crippen LogP contribution in [0.1, 0.15) is 33.6 Å². The van der Waals surface area contributed by atoms with Gasteiger partial charge in [-0.25, -0.2) is 9.18 Å². The van der Waals surface area contributed by atoms with Gasteiger partial charge in [-0.15, -0.1) is 0 Å². The van der Waals surface area contributed by atoms with Crippen LogP contribution in [0.5, 0.6) is 0 Å². The molecule has 1 saturated heterocycles. The average molecular weight is 296 g/mol. The summed E-state index contributed by atoms with van der Waals surface area (Å²) in [6.45, 7) is 7.49. The number of rotatable bonds is 1. The Labute approximate surface area is 126 Å². The van der Waals surface area contributed by atoms with Crippen LogP contribution in [-0.4, -0.2) is 30.8 Å². The molecule has 0 saturated carbocycles. The van der Waals surface area contributed by atoms with Crippen LogP contribution in [0.4, 0.5) is 9.18 Å². The minimum Gasteiger partial charge on any atom is -0.444 e. The molecule has 118 valence electrons. The Balaban J connectivity index is 0.000000262. The van der Waals surface area contributed by atoms with Gasteiger partial charge in [-0.05, 0) is 52.3 Å². The molecule has 1 aliphatic heterocycles.